The summed E-state index contributed by atoms with van der Waals surface area (Å²) >= 11 is 1.66. The molecule has 3 nitrogen and oxygen atoms in total. The largest absolute Gasteiger partial charge is 0.390 e. The second kappa shape index (κ2) is 4.79. The maximum atomic E-state index is 9.18. The van der Waals surface area contributed by atoms with Crippen LogP contribution in [0.2, 0.25) is 0 Å². The second-order valence-electron chi connectivity index (χ2n) is 4.60. The molecule has 0 unspecified atom stereocenters. The average molecular weight is 272 g/mol. The molecule has 3 rings (SSSR count). The third-order valence-corrected chi connectivity index (χ3v) is 4.31. The van der Waals surface area contributed by atoms with Gasteiger partial charge in [0.1, 0.15) is 0 Å². The van der Waals surface area contributed by atoms with Gasteiger partial charge in [-0.15, -0.1) is 11.3 Å². The van der Waals surface area contributed by atoms with Gasteiger partial charge in [0.2, 0.25) is 0 Å². The molecule has 1 N–H and O–H groups in total. The smallest absolute Gasteiger partial charge is 0.194 e. The molecule has 0 atom stereocenters. The van der Waals surface area contributed by atoms with Gasteiger partial charge in [-0.3, -0.25) is 4.40 Å². The molecule has 0 aliphatic carbocycles. The van der Waals surface area contributed by atoms with Gasteiger partial charge in [0.05, 0.1) is 18.0 Å². The van der Waals surface area contributed by atoms with Crippen molar-refractivity contribution in [1.29, 1.82) is 0 Å². The second-order valence-corrected chi connectivity index (χ2v) is 5.78. The molecule has 0 bridgehead atoms. The third-order valence-electron chi connectivity index (χ3n) is 3.34. The monoisotopic (exact) mass is 272 g/mol. The molecular weight excluding hydrogens is 256 g/mol. The SMILES string of the molecule is CCc1ccc(-c2c(C)sc3nc(CO)cn23)cc1. The maximum absolute atomic E-state index is 9.18. The van der Waals surface area contributed by atoms with Crippen LogP contribution in [0, 0.1) is 6.92 Å². The molecule has 0 aliphatic rings. The summed E-state index contributed by atoms with van der Waals surface area (Å²) in [5.74, 6) is 0. The van der Waals surface area contributed by atoms with Crippen molar-refractivity contribution in [2.24, 2.45) is 0 Å². The lowest BCUT2D eigenvalue weighted by molar-refractivity contribution is 0.277. The summed E-state index contributed by atoms with van der Waals surface area (Å²) in [6, 6.07) is 8.65. The van der Waals surface area contributed by atoms with E-state index in [0.29, 0.717) is 0 Å². The number of nitrogens with zero attached hydrogens (tertiary/aromatic N) is 2. The number of hydrogen-bond donors (Lipinski definition) is 1. The van der Waals surface area contributed by atoms with Crippen molar-refractivity contribution in [1.82, 2.24) is 9.38 Å². The van der Waals surface area contributed by atoms with Gasteiger partial charge < -0.3 is 5.11 Å². The van der Waals surface area contributed by atoms with Gasteiger partial charge in [0, 0.05) is 11.1 Å². The van der Waals surface area contributed by atoms with E-state index < -0.39 is 0 Å². The number of benzene rings is 1. The fourth-order valence-corrected chi connectivity index (χ4v) is 3.31. The zero-order valence-corrected chi connectivity index (χ0v) is 11.9. The molecule has 0 saturated carbocycles. The molecule has 2 aromatic heterocycles. The number of aliphatic hydroxyl groups is 1. The fourth-order valence-electron chi connectivity index (χ4n) is 2.31. The number of imidazole rings is 1. The molecule has 0 saturated heterocycles. The van der Waals surface area contributed by atoms with E-state index >= 15 is 0 Å². The van der Waals surface area contributed by atoms with E-state index in [2.05, 4.69) is 47.5 Å². The summed E-state index contributed by atoms with van der Waals surface area (Å²) in [6.45, 7) is 4.26. The highest BCUT2D eigenvalue weighted by Gasteiger charge is 2.13. The van der Waals surface area contributed by atoms with E-state index in [9.17, 15) is 5.11 Å². The van der Waals surface area contributed by atoms with Gasteiger partial charge >= 0.3 is 0 Å². The van der Waals surface area contributed by atoms with Crippen LogP contribution in [0.25, 0.3) is 16.2 Å². The normalized spacial score (nSPS) is 11.3. The van der Waals surface area contributed by atoms with Gasteiger partial charge in [-0.05, 0) is 24.5 Å². The molecule has 19 heavy (non-hydrogen) atoms. The Labute approximate surface area is 116 Å². The molecule has 0 radical (unpaired) electrons. The first kappa shape index (κ1) is 12.4. The number of aliphatic hydroxyl groups excluding tert-OH is 1. The minimum Gasteiger partial charge on any atom is -0.390 e. The maximum Gasteiger partial charge on any atom is 0.194 e. The number of hydrogen-bond acceptors (Lipinski definition) is 3. The summed E-state index contributed by atoms with van der Waals surface area (Å²) in [7, 11) is 0. The quantitative estimate of drug-likeness (QED) is 0.793. The molecule has 3 aromatic rings. The Hall–Kier alpha value is -1.65. The molecule has 2 heterocycles. The number of thiazole rings is 1. The summed E-state index contributed by atoms with van der Waals surface area (Å²) in [6.07, 6.45) is 2.97. The third kappa shape index (κ3) is 2.07. The lowest BCUT2D eigenvalue weighted by Gasteiger charge is -2.03. The fraction of sp³-hybridized carbons (Fsp3) is 0.267. The van der Waals surface area contributed by atoms with Crippen LogP contribution in [-0.2, 0) is 13.0 Å². The summed E-state index contributed by atoms with van der Waals surface area (Å²) < 4.78 is 2.08. The van der Waals surface area contributed by atoms with Crippen LogP contribution in [-0.4, -0.2) is 14.5 Å². The zero-order chi connectivity index (χ0) is 13.4. The van der Waals surface area contributed by atoms with Crippen LogP contribution in [0.3, 0.4) is 0 Å². The number of aryl methyl sites for hydroxylation is 2. The molecule has 98 valence electrons. The first-order chi connectivity index (χ1) is 9.22. The molecule has 0 fully saturated rings. The van der Waals surface area contributed by atoms with Crippen LogP contribution in [0.5, 0.6) is 0 Å². The van der Waals surface area contributed by atoms with Gasteiger partial charge in [0.15, 0.2) is 4.96 Å². The minimum atomic E-state index is -0.0122. The Bertz CT molecular complexity index is 710. The van der Waals surface area contributed by atoms with Gasteiger partial charge in [-0.2, -0.15) is 0 Å². The Morgan fingerprint density at radius 3 is 2.63 bits per heavy atom. The average Bonchev–Trinajstić information content (AvgIpc) is 2.95. The Balaban J connectivity index is 2.16. The van der Waals surface area contributed by atoms with Crippen molar-refractivity contribution in [2.45, 2.75) is 26.9 Å². The van der Waals surface area contributed by atoms with Crippen molar-refractivity contribution in [3.63, 3.8) is 0 Å². The van der Waals surface area contributed by atoms with Gasteiger partial charge in [0.25, 0.3) is 0 Å². The van der Waals surface area contributed by atoms with Crippen molar-refractivity contribution in [3.05, 3.63) is 46.6 Å². The highest BCUT2D eigenvalue weighted by atomic mass is 32.1. The van der Waals surface area contributed by atoms with Crippen LogP contribution in [0.15, 0.2) is 30.5 Å². The van der Waals surface area contributed by atoms with Crippen LogP contribution in [0.4, 0.5) is 0 Å². The lowest BCUT2D eigenvalue weighted by Crippen LogP contribution is -1.88. The first-order valence-electron chi connectivity index (χ1n) is 6.40. The minimum absolute atomic E-state index is 0.0122. The van der Waals surface area contributed by atoms with E-state index in [1.807, 2.05) is 6.20 Å². The van der Waals surface area contributed by atoms with E-state index in [0.717, 1.165) is 17.1 Å². The van der Waals surface area contributed by atoms with Gasteiger partial charge in [-0.1, -0.05) is 31.2 Å². The van der Waals surface area contributed by atoms with Crippen LogP contribution >= 0.6 is 11.3 Å². The summed E-state index contributed by atoms with van der Waals surface area (Å²) in [5, 5.41) is 9.18. The highest BCUT2D eigenvalue weighted by molar-refractivity contribution is 7.17. The predicted molar refractivity (Wildman–Crippen MR) is 78.5 cm³/mol. The standard InChI is InChI=1S/C15H16N2OS/c1-3-11-4-6-12(7-5-11)14-10(2)19-15-16-13(9-18)8-17(14)15/h4-8,18H,3,9H2,1-2H3. The highest BCUT2D eigenvalue weighted by Crippen LogP contribution is 2.31. The molecule has 1 aromatic carbocycles. The Morgan fingerprint density at radius 2 is 2.00 bits per heavy atom. The zero-order valence-electron chi connectivity index (χ0n) is 11.1. The predicted octanol–water partition coefficient (Wildman–Crippen LogP) is 3.43. The molecular formula is C15H16N2OS. The summed E-state index contributed by atoms with van der Waals surface area (Å²) in [4.78, 5) is 6.59. The lowest BCUT2D eigenvalue weighted by atomic mass is 10.1. The number of rotatable bonds is 3. The van der Waals surface area contributed by atoms with E-state index in [4.69, 9.17) is 0 Å². The van der Waals surface area contributed by atoms with E-state index in [1.54, 1.807) is 11.3 Å². The number of fused-ring (bicyclic) bond motifs is 1. The Kier molecular flexibility index (Phi) is 3.12. The molecule has 0 spiro atoms. The molecule has 0 amide bonds. The summed E-state index contributed by atoms with van der Waals surface area (Å²) in [5.41, 5.74) is 4.44. The number of aromatic nitrogens is 2. The molecule has 4 heteroatoms. The van der Waals surface area contributed by atoms with Gasteiger partial charge in [-0.25, -0.2) is 4.98 Å². The topological polar surface area (TPSA) is 37.5 Å². The van der Waals surface area contributed by atoms with Crippen molar-refractivity contribution in [3.8, 4) is 11.3 Å². The Morgan fingerprint density at radius 1 is 1.26 bits per heavy atom. The van der Waals surface area contributed by atoms with E-state index in [1.165, 1.54) is 21.7 Å². The van der Waals surface area contributed by atoms with Crippen molar-refractivity contribution < 1.29 is 5.11 Å². The molecule has 0 aliphatic heterocycles. The van der Waals surface area contributed by atoms with Crippen molar-refractivity contribution in [2.75, 3.05) is 0 Å². The van der Waals surface area contributed by atoms with Crippen molar-refractivity contribution >= 4 is 16.3 Å². The van der Waals surface area contributed by atoms with Crippen LogP contribution in [0.1, 0.15) is 23.1 Å². The van der Waals surface area contributed by atoms with Crippen LogP contribution < -0.4 is 0 Å². The van der Waals surface area contributed by atoms with E-state index in [-0.39, 0.29) is 6.61 Å². The first-order valence-corrected chi connectivity index (χ1v) is 7.22.